The lowest BCUT2D eigenvalue weighted by Gasteiger charge is -2.16. The summed E-state index contributed by atoms with van der Waals surface area (Å²) in [7, 11) is 3.16. The van der Waals surface area contributed by atoms with Crippen molar-refractivity contribution in [3.8, 4) is 17.2 Å². The highest BCUT2D eigenvalue weighted by Gasteiger charge is 2.17. The molecule has 0 spiro atoms. The van der Waals surface area contributed by atoms with Gasteiger partial charge in [0.15, 0.2) is 11.5 Å². The summed E-state index contributed by atoms with van der Waals surface area (Å²) < 4.78 is 19.8. The summed E-state index contributed by atoms with van der Waals surface area (Å²) in [5, 5.41) is 7.35. The van der Waals surface area contributed by atoms with E-state index >= 15 is 0 Å². The SMILES string of the molecule is CC[C@@H](C)c1nc2ccc(Br)cc2c(=O)n1N=Cc1cc(OC)c(OCc2cccc3ccccc23)c(OC)c1. The van der Waals surface area contributed by atoms with E-state index in [2.05, 4.69) is 46.2 Å². The highest BCUT2D eigenvalue weighted by molar-refractivity contribution is 9.10. The Morgan fingerprint density at radius 3 is 2.42 bits per heavy atom. The molecule has 5 aromatic rings. The zero-order chi connectivity index (χ0) is 28.2. The molecule has 0 aliphatic carbocycles. The van der Waals surface area contributed by atoms with Crippen LogP contribution in [0.2, 0.25) is 0 Å². The summed E-state index contributed by atoms with van der Waals surface area (Å²) in [4.78, 5) is 18.3. The van der Waals surface area contributed by atoms with E-state index in [9.17, 15) is 4.79 Å². The van der Waals surface area contributed by atoms with E-state index in [1.165, 1.54) is 4.68 Å². The zero-order valence-electron chi connectivity index (χ0n) is 22.8. The summed E-state index contributed by atoms with van der Waals surface area (Å²) in [5.74, 6) is 2.12. The van der Waals surface area contributed by atoms with Gasteiger partial charge >= 0.3 is 0 Å². The van der Waals surface area contributed by atoms with Crippen LogP contribution in [0.1, 0.15) is 43.1 Å². The lowest BCUT2D eigenvalue weighted by Crippen LogP contribution is -2.23. The molecule has 0 bridgehead atoms. The Kier molecular flexibility index (Phi) is 8.16. The predicted octanol–water partition coefficient (Wildman–Crippen LogP) is 7.30. The molecule has 0 radical (unpaired) electrons. The van der Waals surface area contributed by atoms with Crippen molar-refractivity contribution in [2.24, 2.45) is 5.10 Å². The van der Waals surface area contributed by atoms with Crippen LogP contribution in [-0.4, -0.2) is 30.1 Å². The summed E-state index contributed by atoms with van der Waals surface area (Å²) in [5.41, 5.74) is 2.15. The first-order valence-electron chi connectivity index (χ1n) is 13.1. The van der Waals surface area contributed by atoms with Gasteiger partial charge in [-0.2, -0.15) is 9.78 Å². The molecule has 1 aromatic heterocycles. The minimum absolute atomic E-state index is 0.0341. The number of hydrogen-bond donors (Lipinski definition) is 0. The highest BCUT2D eigenvalue weighted by atomic mass is 79.9. The van der Waals surface area contributed by atoms with E-state index in [1.807, 2.05) is 55.5 Å². The van der Waals surface area contributed by atoms with Crippen molar-refractivity contribution in [1.82, 2.24) is 9.66 Å². The van der Waals surface area contributed by atoms with E-state index in [0.717, 1.165) is 27.2 Å². The Bertz CT molecular complexity index is 1750. The molecule has 1 heterocycles. The van der Waals surface area contributed by atoms with Crippen molar-refractivity contribution in [2.75, 3.05) is 14.2 Å². The van der Waals surface area contributed by atoms with Gasteiger partial charge in [-0.15, -0.1) is 0 Å². The van der Waals surface area contributed by atoms with E-state index in [-0.39, 0.29) is 11.5 Å². The van der Waals surface area contributed by atoms with E-state index in [1.54, 1.807) is 26.5 Å². The second-order valence-electron chi connectivity index (χ2n) is 9.48. The molecule has 8 heteroatoms. The molecule has 0 N–H and O–H groups in total. The fourth-order valence-electron chi connectivity index (χ4n) is 4.59. The summed E-state index contributed by atoms with van der Waals surface area (Å²) in [6.45, 7) is 4.43. The van der Waals surface area contributed by atoms with Gasteiger partial charge in [0.1, 0.15) is 12.4 Å². The zero-order valence-corrected chi connectivity index (χ0v) is 24.4. The number of ether oxygens (including phenoxy) is 3. The summed E-state index contributed by atoms with van der Waals surface area (Å²) >= 11 is 3.45. The van der Waals surface area contributed by atoms with Gasteiger partial charge in [0.05, 0.1) is 31.3 Å². The van der Waals surface area contributed by atoms with Crippen molar-refractivity contribution in [2.45, 2.75) is 32.8 Å². The number of nitrogens with zero attached hydrogens (tertiary/aromatic N) is 3. The first kappa shape index (κ1) is 27.4. The molecule has 0 aliphatic heterocycles. The molecular weight excluding hydrogens is 570 g/mol. The van der Waals surface area contributed by atoms with Crippen LogP contribution in [0.4, 0.5) is 0 Å². The molecular formula is C32H30BrN3O4. The lowest BCUT2D eigenvalue weighted by molar-refractivity contribution is 0.267. The number of benzene rings is 4. The molecule has 5 rings (SSSR count). The van der Waals surface area contributed by atoms with E-state index in [4.69, 9.17) is 19.2 Å². The van der Waals surface area contributed by atoms with Crippen molar-refractivity contribution in [3.63, 3.8) is 0 Å². The monoisotopic (exact) mass is 599 g/mol. The quantitative estimate of drug-likeness (QED) is 0.166. The average molecular weight is 601 g/mol. The van der Waals surface area contributed by atoms with Gasteiger partial charge in [-0.1, -0.05) is 72.2 Å². The largest absolute Gasteiger partial charge is 0.493 e. The maximum atomic E-state index is 13.5. The maximum absolute atomic E-state index is 13.5. The van der Waals surface area contributed by atoms with Crippen LogP contribution in [0.5, 0.6) is 17.2 Å². The van der Waals surface area contributed by atoms with Gasteiger partial charge < -0.3 is 14.2 Å². The van der Waals surface area contributed by atoms with Crippen LogP contribution >= 0.6 is 15.9 Å². The van der Waals surface area contributed by atoms with Gasteiger partial charge in [0, 0.05) is 16.0 Å². The molecule has 0 unspecified atom stereocenters. The molecule has 0 aliphatic rings. The van der Waals surface area contributed by atoms with Gasteiger partial charge in [-0.25, -0.2) is 4.98 Å². The third kappa shape index (κ3) is 5.45. The molecule has 0 fully saturated rings. The number of methoxy groups -OCH3 is 2. The van der Waals surface area contributed by atoms with Crippen molar-refractivity contribution >= 4 is 43.8 Å². The molecule has 0 saturated heterocycles. The summed E-state index contributed by atoms with van der Waals surface area (Å²) in [6, 6.07) is 23.5. The fourth-order valence-corrected chi connectivity index (χ4v) is 4.95. The highest BCUT2D eigenvalue weighted by Crippen LogP contribution is 2.39. The number of rotatable bonds is 9. The minimum atomic E-state index is -0.230. The third-order valence-corrected chi connectivity index (χ3v) is 7.44. The fraction of sp³-hybridized carbons (Fsp3) is 0.219. The van der Waals surface area contributed by atoms with Gasteiger partial charge in [-0.3, -0.25) is 4.79 Å². The van der Waals surface area contributed by atoms with Crippen molar-refractivity contribution < 1.29 is 14.2 Å². The number of fused-ring (bicyclic) bond motifs is 2. The average Bonchev–Trinajstić information content (AvgIpc) is 2.99. The Morgan fingerprint density at radius 2 is 1.70 bits per heavy atom. The van der Waals surface area contributed by atoms with Gasteiger partial charge in [0.2, 0.25) is 5.75 Å². The molecule has 4 aromatic carbocycles. The Morgan fingerprint density at radius 1 is 0.975 bits per heavy atom. The second-order valence-corrected chi connectivity index (χ2v) is 10.4. The second kappa shape index (κ2) is 11.9. The molecule has 204 valence electrons. The van der Waals surface area contributed by atoms with Gasteiger partial charge in [0.25, 0.3) is 5.56 Å². The van der Waals surface area contributed by atoms with E-state index < -0.39 is 0 Å². The maximum Gasteiger partial charge on any atom is 0.282 e. The lowest BCUT2D eigenvalue weighted by atomic mass is 10.1. The van der Waals surface area contributed by atoms with E-state index in [0.29, 0.717) is 46.1 Å². The number of hydrogen-bond acceptors (Lipinski definition) is 6. The molecule has 0 saturated carbocycles. The van der Waals surface area contributed by atoms with Crippen LogP contribution in [0.25, 0.3) is 21.7 Å². The molecule has 1 atom stereocenters. The number of aromatic nitrogens is 2. The standard InChI is InChI=1S/C32H30BrN3O4/c1-5-20(2)31-35-27-14-13-24(33)17-26(27)32(37)36(31)34-18-21-15-28(38-3)30(29(16-21)39-4)40-19-23-11-8-10-22-9-6-7-12-25(22)23/h6-18,20H,5,19H2,1-4H3/t20-/m1/s1. The topological polar surface area (TPSA) is 74.9 Å². The Balaban J connectivity index is 1.51. The first-order valence-corrected chi connectivity index (χ1v) is 13.8. The van der Waals surface area contributed by atoms with Gasteiger partial charge in [-0.05, 0) is 53.1 Å². The Labute approximate surface area is 241 Å². The van der Waals surface area contributed by atoms with Crippen LogP contribution in [0.15, 0.2) is 87.2 Å². The number of halogens is 1. The van der Waals surface area contributed by atoms with Crippen LogP contribution in [-0.2, 0) is 6.61 Å². The van der Waals surface area contributed by atoms with Crippen LogP contribution in [0, 0.1) is 0 Å². The minimum Gasteiger partial charge on any atom is -0.493 e. The summed E-state index contributed by atoms with van der Waals surface area (Å²) in [6.07, 6.45) is 2.42. The van der Waals surface area contributed by atoms with Crippen molar-refractivity contribution in [1.29, 1.82) is 0 Å². The molecule has 0 amide bonds. The Hall–Kier alpha value is -4.17. The molecule has 40 heavy (non-hydrogen) atoms. The normalized spacial score (nSPS) is 12.2. The smallest absolute Gasteiger partial charge is 0.282 e. The van der Waals surface area contributed by atoms with Crippen LogP contribution in [0.3, 0.4) is 0 Å². The molecule has 7 nitrogen and oxygen atoms in total. The van der Waals surface area contributed by atoms with Crippen molar-refractivity contribution in [3.05, 3.63) is 105 Å². The predicted molar refractivity (Wildman–Crippen MR) is 163 cm³/mol. The first-order chi connectivity index (χ1) is 19.4. The third-order valence-electron chi connectivity index (χ3n) is 6.94. The van der Waals surface area contributed by atoms with Crippen LogP contribution < -0.4 is 19.8 Å².